The first-order chi connectivity index (χ1) is 11.5. The standard InChI is InChI=1S/C18H15NO5/c1-12-6-7-15-14(11-23-17(15)8-12)9-18(20)24-10-13-4-2-3-5-16(13)19(21)22/h2-8,11H,9-10H2,1H3. The zero-order chi connectivity index (χ0) is 17.1. The van der Waals surface area contributed by atoms with Crippen molar-refractivity contribution in [2.45, 2.75) is 20.0 Å². The van der Waals surface area contributed by atoms with Crippen LogP contribution >= 0.6 is 0 Å². The Kier molecular flexibility index (Phi) is 4.29. The molecule has 6 nitrogen and oxygen atoms in total. The van der Waals surface area contributed by atoms with Crippen molar-refractivity contribution in [2.75, 3.05) is 0 Å². The fraction of sp³-hybridized carbons (Fsp3) is 0.167. The van der Waals surface area contributed by atoms with Crippen molar-refractivity contribution in [3.8, 4) is 0 Å². The van der Waals surface area contributed by atoms with Crippen LogP contribution in [0.4, 0.5) is 5.69 Å². The van der Waals surface area contributed by atoms with Crippen LogP contribution in [0.2, 0.25) is 0 Å². The molecule has 0 aliphatic carbocycles. The molecule has 0 atom stereocenters. The van der Waals surface area contributed by atoms with Crippen LogP contribution in [0.3, 0.4) is 0 Å². The maximum absolute atomic E-state index is 12.0. The number of rotatable bonds is 5. The second kappa shape index (κ2) is 6.54. The van der Waals surface area contributed by atoms with Gasteiger partial charge in [-0.05, 0) is 24.6 Å². The van der Waals surface area contributed by atoms with Gasteiger partial charge >= 0.3 is 5.97 Å². The number of carbonyl (C=O) groups excluding carboxylic acids is 1. The van der Waals surface area contributed by atoms with Crippen LogP contribution in [0.1, 0.15) is 16.7 Å². The van der Waals surface area contributed by atoms with Gasteiger partial charge in [0.15, 0.2) is 0 Å². The number of ether oxygens (including phenoxy) is 1. The highest BCUT2D eigenvalue weighted by atomic mass is 16.6. The molecule has 0 saturated carbocycles. The number of fused-ring (bicyclic) bond motifs is 1. The van der Waals surface area contributed by atoms with Gasteiger partial charge in [-0.2, -0.15) is 0 Å². The summed E-state index contributed by atoms with van der Waals surface area (Å²) in [5.41, 5.74) is 2.83. The van der Waals surface area contributed by atoms with Gasteiger partial charge in [-0.15, -0.1) is 0 Å². The SMILES string of the molecule is Cc1ccc2c(CC(=O)OCc3ccccc3[N+](=O)[O-])coc2c1. The van der Waals surface area contributed by atoms with E-state index in [-0.39, 0.29) is 18.7 Å². The first-order valence-corrected chi connectivity index (χ1v) is 7.39. The first kappa shape index (κ1) is 15.7. The third-order valence-electron chi connectivity index (χ3n) is 3.72. The van der Waals surface area contributed by atoms with E-state index in [0.717, 1.165) is 22.1 Å². The predicted molar refractivity (Wildman–Crippen MR) is 87.5 cm³/mol. The lowest BCUT2D eigenvalue weighted by Gasteiger charge is -2.05. The highest BCUT2D eigenvalue weighted by Gasteiger charge is 2.16. The number of nitro benzene ring substituents is 1. The van der Waals surface area contributed by atoms with Crippen molar-refractivity contribution in [1.82, 2.24) is 0 Å². The second-order valence-corrected chi connectivity index (χ2v) is 5.48. The molecule has 0 spiro atoms. The van der Waals surface area contributed by atoms with Crippen LogP contribution in [-0.2, 0) is 22.6 Å². The molecule has 0 aliphatic heterocycles. The summed E-state index contributed by atoms with van der Waals surface area (Å²) in [4.78, 5) is 22.5. The maximum atomic E-state index is 12.0. The van der Waals surface area contributed by atoms with Crippen molar-refractivity contribution in [3.63, 3.8) is 0 Å². The molecule has 0 saturated heterocycles. The molecule has 0 amide bonds. The molecule has 0 aliphatic rings. The quantitative estimate of drug-likeness (QED) is 0.403. The number of nitrogens with zero attached hydrogens (tertiary/aromatic N) is 1. The van der Waals surface area contributed by atoms with Gasteiger partial charge in [0.2, 0.25) is 0 Å². The molecule has 0 unspecified atom stereocenters. The number of nitro groups is 1. The Morgan fingerprint density at radius 3 is 2.79 bits per heavy atom. The van der Waals surface area contributed by atoms with Gasteiger partial charge in [0, 0.05) is 17.0 Å². The zero-order valence-electron chi connectivity index (χ0n) is 13.0. The van der Waals surface area contributed by atoms with Crippen LogP contribution < -0.4 is 0 Å². The molecule has 24 heavy (non-hydrogen) atoms. The molecule has 0 radical (unpaired) electrons. The van der Waals surface area contributed by atoms with Crippen LogP contribution in [0.25, 0.3) is 11.0 Å². The number of hydrogen-bond acceptors (Lipinski definition) is 5. The highest BCUT2D eigenvalue weighted by Crippen LogP contribution is 2.23. The van der Waals surface area contributed by atoms with E-state index in [4.69, 9.17) is 9.15 Å². The molecule has 0 bridgehead atoms. The number of benzene rings is 2. The summed E-state index contributed by atoms with van der Waals surface area (Å²) < 4.78 is 10.6. The van der Waals surface area contributed by atoms with Crippen molar-refractivity contribution in [1.29, 1.82) is 0 Å². The normalized spacial score (nSPS) is 10.7. The minimum atomic E-state index is -0.491. The van der Waals surface area contributed by atoms with E-state index in [1.165, 1.54) is 12.3 Å². The smallest absolute Gasteiger partial charge is 0.310 e. The Labute approximate surface area is 137 Å². The summed E-state index contributed by atoms with van der Waals surface area (Å²) in [6.45, 7) is 1.83. The van der Waals surface area contributed by atoms with Gasteiger partial charge in [-0.3, -0.25) is 14.9 Å². The van der Waals surface area contributed by atoms with Gasteiger partial charge in [-0.1, -0.05) is 24.3 Å². The number of esters is 1. The number of aryl methyl sites for hydroxylation is 1. The molecular weight excluding hydrogens is 310 g/mol. The molecule has 0 fully saturated rings. The van der Waals surface area contributed by atoms with Crippen molar-refractivity contribution < 1.29 is 18.9 Å². The van der Waals surface area contributed by atoms with Crippen molar-refractivity contribution >= 4 is 22.6 Å². The highest BCUT2D eigenvalue weighted by molar-refractivity contribution is 5.86. The molecule has 0 N–H and O–H groups in total. The van der Waals surface area contributed by atoms with Gasteiger partial charge < -0.3 is 9.15 Å². The zero-order valence-corrected chi connectivity index (χ0v) is 13.0. The third-order valence-corrected chi connectivity index (χ3v) is 3.72. The summed E-state index contributed by atoms with van der Waals surface area (Å²) in [6, 6.07) is 11.9. The first-order valence-electron chi connectivity index (χ1n) is 7.39. The van der Waals surface area contributed by atoms with Gasteiger partial charge in [0.1, 0.15) is 12.2 Å². The third kappa shape index (κ3) is 3.27. The fourth-order valence-electron chi connectivity index (χ4n) is 2.50. The van der Waals surface area contributed by atoms with E-state index >= 15 is 0 Å². The number of para-hydroxylation sites is 1. The molecule has 122 valence electrons. The molecule has 1 aromatic heterocycles. The Hall–Kier alpha value is -3.15. The predicted octanol–water partition coefficient (Wildman–Crippen LogP) is 3.94. The van der Waals surface area contributed by atoms with Crippen LogP contribution in [-0.4, -0.2) is 10.9 Å². The van der Waals surface area contributed by atoms with Crippen LogP contribution in [0.5, 0.6) is 0 Å². The number of carbonyl (C=O) groups is 1. The summed E-state index contributed by atoms with van der Waals surface area (Å²) in [6.07, 6.45) is 1.59. The minimum absolute atomic E-state index is 0.0523. The monoisotopic (exact) mass is 325 g/mol. The van der Waals surface area contributed by atoms with E-state index in [2.05, 4.69) is 0 Å². The molecular formula is C18H15NO5. The van der Waals surface area contributed by atoms with E-state index in [9.17, 15) is 14.9 Å². The van der Waals surface area contributed by atoms with Gasteiger partial charge in [0.25, 0.3) is 5.69 Å². The Bertz CT molecular complexity index is 913. The Balaban J connectivity index is 1.69. The lowest BCUT2D eigenvalue weighted by molar-refractivity contribution is -0.385. The minimum Gasteiger partial charge on any atom is -0.464 e. The lowest BCUT2D eigenvalue weighted by atomic mass is 10.1. The van der Waals surface area contributed by atoms with Gasteiger partial charge in [0.05, 0.1) is 23.2 Å². The number of hydrogen-bond donors (Lipinski definition) is 0. The molecule has 3 aromatic rings. The van der Waals surface area contributed by atoms with Crippen LogP contribution in [0, 0.1) is 17.0 Å². The van der Waals surface area contributed by atoms with Crippen molar-refractivity contribution in [2.24, 2.45) is 0 Å². The van der Waals surface area contributed by atoms with E-state index in [1.807, 2.05) is 25.1 Å². The lowest BCUT2D eigenvalue weighted by Crippen LogP contribution is -2.08. The average Bonchev–Trinajstić information content (AvgIpc) is 2.95. The second-order valence-electron chi connectivity index (χ2n) is 5.48. The summed E-state index contributed by atoms with van der Waals surface area (Å²) in [7, 11) is 0. The topological polar surface area (TPSA) is 82.6 Å². The van der Waals surface area contributed by atoms with E-state index < -0.39 is 10.9 Å². The summed E-state index contributed by atoms with van der Waals surface area (Å²) in [5, 5.41) is 11.8. The summed E-state index contributed by atoms with van der Waals surface area (Å²) in [5.74, 6) is -0.462. The van der Waals surface area contributed by atoms with Gasteiger partial charge in [-0.25, -0.2) is 0 Å². The number of furan rings is 1. The fourth-order valence-corrected chi connectivity index (χ4v) is 2.50. The molecule has 1 heterocycles. The average molecular weight is 325 g/mol. The van der Waals surface area contributed by atoms with E-state index in [0.29, 0.717) is 5.56 Å². The van der Waals surface area contributed by atoms with Crippen molar-refractivity contribution in [3.05, 3.63) is 75.5 Å². The Morgan fingerprint density at radius 1 is 1.21 bits per heavy atom. The molecule has 6 heteroatoms. The van der Waals surface area contributed by atoms with Crippen LogP contribution in [0.15, 0.2) is 53.1 Å². The largest absolute Gasteiger partial charge is 0.464 e. The molecule has 3 rings (SSSR count). The van der Waals surface area contributed by atoms with E-state index in [1.54, 1.807) is 18.2 Å². The maximum Gasteiger partial charge on any atom is 0.310 e. The Morgan fingerprint density at radius 2 is 2.00 bits per heavy atom. The molecule has 2 aromatic carbocycles. The summed E-state index contributed by atoms with van der Waals surface area (Å²) >= 11 is 0.